The van der Waals surface area contributed by atoms with Crippen molar-refractivity contribution < 1.29 is 9.53 Å². The number of anilines is 1. The van der Waals surface area contributed by atoms with Crippen LogP contribution in [0.3, 0.4) is 0 Å². The second kappa shape index (κ2) is 10.5. The highest BCUT2D eigenvalue weighted by atomic mass is 35.5. The molecular formula is C23H25ClN4O2S. The molecule has 3 rings (SSSR count). The van der Waals surface area contributed by atoms with E-state index in [-0.39, 0.29) is 17.8 Å². The number of allylic oxidation sites excluding steroid dienone is 1. The Labute approximate surface area is 191 Å². The van der Waals surface area contributed by atoms with Crippen LogP contribution >= 0.6 is 23.4 Å². The molecule has 1 amide bonds. The first-order valence-electron chi connectivity index (χ1n) is 9.84. The summed E-state index contributed by atoms with van der Waals surface area (Å²) in [6.45, 7) is 10.1. The molecule has 0 fully saturated rings. The molecule has 2 aromatic carbocycles. The first kappa shape index (κ1) is 22.9. The minimum absolute atomic E-state index is 0.102. The lowest BCUT2D eigenvalue weighted by Crippen LogP contribution is -2.16. The van der Waals surface area contributed by atoms with Crippen LogP contribution in [0.4, 0.5) is 5.69 Å². The maximum Gasteiger partial charge on any atom is 0.234 e. The maximum absolute atomic E-state index is 12.4. The molecule has 0 radical (unpaired) electrons. The summed E-state index contributed by atoms with van der Waals surface area (Å²) in [4.78, 5) is 12.4. The number of aryl methyl sites for hydroxylation is 2. The average molecular weight is 457 g/mol. The van der Waals surface area contributed by atoms with Gasteiger partial charge in [-0.2, -0.15) is 0 Å². The Kier molecular flexibility index (Phi) is 7.76. The van der Waals surface area contributed by atoms with E-state index in [1.54, 1.807) is 12.1 Å². The molecule has 3 aromatic rings. The van der Waals surface area contributed by atoms with Gasteiger partial charge in [-0.25, -0.2) is 0 Å². The molecule has 0 spiro atoms. The Morgan fingerprint density at radius 1 is 1.26 bits per heavy atom. The summed E-state index contributed by atoms with van der Waals surface area (Å²) in [5, 5.41) is 12.8. The second-order valence-corrected chi connectivity index (χ2v) is 8.44. The predicted octanol–water partition coefficient (Wildman–Crippen LogP) is 5.61. The van der Waals surface area contributed by atoms with E-state index in [0.29, 0.717) is 22.5 Å². The van der Waals surface area contributed by atoms with E-state index in [0.717, 1.165) is 22.6 Å². The van der Waals surface area contributed by atoms with Gasteiger partial charge in [0.25, 0.3) is 0 Å². The van der Waals surface area contributed by atoms with Crippen LogP contribution < -0.4 is 10.1 Å². The molecule has 0 saturated heterocycles. The van der Waals surface area contributed by atoms with E-state index in [2.05, 4.69) is 22.1 Å². The van der Waals surface area contributed by atoms with Crippen molar-refractivity contribution in [3.05, 3.63) is 77.1 Å². The highest BCUT2D eigenvalue weighted by Crippen LogP contribution is 2.28. The Morgan fingerprint density at radius 3 is 2.74 bits per heavy atom. The number of nitrogens with one attached hydrogen (secondary N) is 1. The van der Waals surface area contributed by atoms with E-state index in [1.807, 2.05) is 61.7 Å². The van der Waals surface area contributed by atoms with Crippen molar-refractivity contribution in [2.75, 3.05) is 11.1 Å². The van der Waals surface area contributed by atoms with Gasteiger partial charge in [0.1, 0.15) is 5.75 Å². The van der Waals surface area contributed by atoms with Crippen molar-refractivity contribution in [1.82, 2.24) is 14.8 Å². The number of ether oxygens (including phenoxy) is 1. The van der Waals surface area contributed by atoms with Crippen LogP contribution in [0.1, 0.15) is 30.0 Å². The molecule has 1 N–H and O–H groups in total. The van der Waals surface area contributed by atoms with Gasteiger partial charge < -0.3 is 10.1 Å². The lowest BCUT2D eigenvalue weighted by atomic mass is 10.2. The molecule has 0 saturated carbocycles. The van der Waals surface area contributed by atoms with Crippen molar-refractivity contribution in [2.45, 2.75) is 38.6 Å². The SMILES string of the molecule is C=CCn1c(SCC(=O)Nc2ccccc2C)nnc1C(C)Oc1ccc(Cl)cc1C. The number of amides is 1. The smallest absolute Gasteiger partial charge is 0.234 e. The zero-order chi connectivity index (χ0) is 22.4. The summed E-state index contributed by atoms with van der Waals surface area (Å²) in [7, 11) is 0. The highest BCUT2D eigenvalue weighted by molar-refractivity contribution is 7.99. The molecule has 6 nitrogen and oxygen atoms in total. The fourth-order valence-corrected chi connectivity index (χ4v) is 4.01. The van der Waals surface area contributed by atoms with E-state index < -0.39 is 0 Å². The maximum atomic E-state index is 12.4. The number of carbonyl (C=O) groups excluding carboxylic acids is 1. The lowest BCUT2D eigenvalue weighted by Gasteiger charge is -2.17. The fraction of sp³-hybridized carbons (Fsp3) is 0.261. The summed E-state index contributed by atoms with van der Waals surface area (Å²) in [5.74, 6) is 1.51. The van der Waals surface area contributed by atoms with Crippen LogP contribution in [-0.4, -0.2) is 26.4 Å². The number of hydrogen-bond acceptors (Lipinski definition) is 5. The molecule has 1 aromatic heterocycles. The first-order chi connectivity index (χ1) is 14.9. The van der Waals surface area contributed by atoms with Gasteiger partial charge in [0, 0.05) is 17.3 Å². The van der Waals surface area contributed by atoms with Crippen molar-refractivity contribution in [2.24, 2.45) is 0 Å². The van der Waals surface area contributed by atoms with Crippen LogP contribution in [0.5, 0.6) is 5.75 Å². The summed E-state index contributed by atoms with van der Waals surface area (Å²) >= 11 is 7.36. The number of hydrogen-bond donors (Lipinski definition) is 1. The summed E-state index contributed by atoms with van der Waals surface area (Å²) < 4.78 is 8.01. The van der Waals surface area contributed by atoms with E-state index >= 15 is 0 Å². The predicted molar refractivity (Wildman–Crippen MR) is 126 cm³/mol. The van der Waals surface area contributed by atoms with Crippen molar-refractivity contribution >= 4 is 35.0 Å². The van der Waals surface area contributed by atoms with Crippen molar-refractivity contribution in [3.8, 4) is 5.75 Å². The molecule has 1 atom stereocenters. The Hall–Kier alpha value is -2.77. The highest BCUT2D eigenvalue weighted by Gasteiger charge is 2.20. The molecule has 162 valence electrons. The van der Waals surface area contributed by atoms with Crippen molar-refractivity contribution in [1.29, 1.82) is 0 Å². The van der Waals surface area contributed by atoms with Crippen LogP contribution in [0.2, 0.25) is 5.02 Å². The van der Waals surface area contributed by atoms with Crippen molar-refractivity contribution in [3.63, 3.8) is 0 Å². The lowest BCUT2D eigenvalue weighted by molar-refractivity contribution is -0.113. The molecule has 31 heavy (non-hydrogen) atoms. The summed E-state index contributed by atoms with van der Waals surface area (Å²) in [6, 6.07) is 13.2. The normalized spacial score (nSPS) is 11.7. The van der Waals surface area contributed by atoms with Crippen LogP contribution in [-0.2, 0) is 11.3 Å². The fourth-order valence-electron chi connectivity index (χ4n) is 3.03. The topological polar surface area (TPSA) is 69.0 Å². The monoisotopic (exact) mass is 456 g/mol. The zero-order valence-electron chi connectivity index (χ0n) is 17.8. The van der Waals surface area contributed by atoms with Gasteiger partial charge in [0.05, 0.1) is 5.75 Å². The third kappa shape index (κ3) is 5.89. The van der Waals surface area contributed by atoms with Crippen LogP contribution in [0, 0.1) is 13.8 Å². The van der Waals surface area contributed by atoms with E-state index in [1.165, 1.54) is 11.8 Å². The molecule has 0 aliphatic carbocycles. The van der Waals surface area contributed by atoms with Crippen LogP contribution in [0.25, 0.3) is 0 Å². The third-order valence-electron chi connectivity index (χ3n) is 4.61. The van der Waals surface area contributed by atoms with Gasteiger partial charge >= 0.3 is 0 Å². The molecule has 0 bridgehead atoms. The number of nitrogens with zero attached hydrogens (tertiary/aromatic N) is 3. The van der Waals surface area contributed by atoms with Crippen LogP contribution in [0.15, 0.2) is 60.3 Å². The standard InChI is InChI=1S/C23H25ClN4O2S/c1-5-12-28-22(17(4)30-20-11-10-18(24)13-16(20)3)26-27-23(28)31-14-21(29)25-19-9-7-6-8-15(19)2/h5-11,13,17H,1,12,14H2,2-4H3,(H,25,29). The number of benzene rings is 2. The van der Waals surface area contributed by atoms with Gasteiger partial charge in [-0.15, -0.1) is 16.8 Å². The van der Waals surface area contributed by atoms with Gasteiger partial charge in [-0.05, 0) is 56.2 Å². The molecule has 1 unspecified atom stereocenters. The summed E-state index contributed by atoms with van der Waals surface area (Å²) in [5.41, 5.74) is 2.76. The number of thioether (sulfide) groups is 1. The number of rotatable bonds is 9. The molecule has 0 aliphatic heterocycles. The Morgan fingerprint density at radius 2 is 2.03 bits per heavy atom. The van der Waals surface area contributed by atoms with Gasteiger partial charge in [-0.3, -0.25) is 9.36 Å². The zero-order valence-corrected chi connectivity index (χ0v) is 19.3. The quantitative estimate of drug-likeness (QED) is 0.335. The number of aromatic nitrogens is 3. The average Bonchev–Trinajstić information content (AvgIpc) is 3.13. The molecule has 8 heteroatoms. The Balaban J connectivity index is 1.70. The Bertz CT molecular complexity index is 1080. The van der Waals surface area contributed by atoms with Gasteiger partial charge in [-0.1, -0.05) is 47.6 Å². The number of halogens is 1. The molecule has 1 heterocycles. The second-order valence-electron chi connectivity index (χ2n) is 7.06. The summed E-state index contributed by atoms with van der Waals surface area (Å²) in [6.07, 6.45) is 1.42. The molecule has 0 aliphatic rings. The number of carbonyl (C=O) groups is 1. The third-order valence-corrected chi connectivity index (χ3v) is 5.81. The number of para-hydroxylation sites is 1. The first-order valence-corrected chi connectivity index (χ1v) is 11.2. The van der Waals surface area contributed by atoms with Gasteiger partial charge in [0.2, 0.25) is 5.91 Å². The van der Waals surface area contributed by atoms with E-state index in [9.17, 15) is 4.79 Å². The van der Waals surface area contributed by atoms with Gasteiger partial charge in [0.15, 0.2) is 17.1 Å². The minimum atomic E-state index is -0.345. The van der Waals surface area contributed by atoms with E-state index in [4.69, 9.17) is 16.3 Å². The largest absolute Gasteiger partial charge is 0.482 e. The minimum Gasteiger partial charge on any atom is -0.482 e. The molecular weight excluding hydrogens is 432 g/mol.